The minimum Gasteiger partial charge on any atom is -0.481 e. The summed E-state index contributed by atoms with van der Waals surface area (Å²) in [5.74, 6) is -1.06. The predicted molar refractivity (Wildman–Crippen MR) is 178 cm³/mol. The summed E-state index contributed by atoms with van der Waals surface area (Å²) in [4.78, 5) is 38.8. The third kappa shape index (κ3) is 11.6. The van der Waals surface area contributed by atoms with Crippen LogP contribution in [0.15, 0.2) is 30.3 Å². The first-order valence-electron chi connectivity index (χ1n) is 17.4. The monoisotopic (exact) mass is 592 g/mol. The lowest BCUT2D eigenvalue weighted by Gasteiger charge is -2.28. The Kier molecular flexibility index (Phi) is 16.2. The van der Waals surface area contributed by atoms with E-state index < -0.39 is 5.97 Å². The summed E-state index contributed by atoms with van der Waals surface area (Å²) in [7, 11) is 0. The molecule has 6 nitrogen and oxygen atoms in total. The van der Waals surface area contributed by atoms with Crippen molar-refractivity contribution in [1.29, 1.82) is 0 Å². The van der Waals surface area contributed by atoms with Gasteiger partial charge in [0, 0.05) is 47.1 Å². The lowest BCUT2D eigenvalue weighted by molar-refractivity contribution is -0.137. The predicted octanol–water partition coefficient (Wildman–Crippen LogP) is 10.1. The molecule has 0 radical (unpaired) electrons. The van der Waals surface area contributed by atoms with Crippen molar-refractivity contribution in [2.75, 3.05) is 18.4 Å². The number of carbonyl (C=O) groups is 3. The summed E-state index contributed by atoms with van der Waals surface area (Å²) >= 11 is 0. The third-order valence-corrected chi connectivity index (χ3v) is 8.86. The van der Waals surface area contributed by atoms with Crippen molar-refractivity contribution in [1.82, 2.24) is 4.90 Å². The highest BCUT2D eigenvalue weighted by Crippen LogP contribution is 2.34. The van der Waals surface area contributed by atoms with Crippen molar-refractivity contribution in [3.63, 3.8) is 0 Å². The molecule has 0 saturated heterocycles. The van der Waals surface area contributed by atoms with Crippen molar-refractivity contribution in [2.45, 2.75) is 142 Å². The number of aliphatic carboxylic acids is 1. The van der Waals surface area contributed by atoms with Crippen LogP contribution in [0.3, 0.4) is 0 Å². The Balaban J connectivity index is 1.37. The number of hydrogen-bond acceptors (Lipinski definition) is 4. The minimum atomic E-state index is -0.711. The van der Waals surface area contributed by atoms with Gasteiger partial charge in [-0.2, -0.15) is 0 Å². The molecule has 0 aliphatic carbocycles. The van der Waals surface area contributed by atoms with Crippen LogP contribution in [-0.4, -0.2) is 40.9 Å². The Morgan fingerprint density at radius 3 is 1.74 bits per heavy atom. The molecule has 238 valence electrons. The minimum absolute atomic E-state index is 0.174. The van der Waals surface area contributed by atoms with E-state index in [4.69, 9.17) is 5.11 Å². The number of carboxylic acid groups (broad SMARTS) is 1. The van der Waals surface area contributed by atoms with Crippen molar-refractivity contribution >= 4 is 34.2 Å². The molecule has 0 atom stereocenters. The maximum absolute atomic E-state index is 13.4. The average molecular weight is 593 g/mol. The van der Waals surface area contributed by atoms with E-state index in [9.17, 15) is 14.4 Å². The number of hydrogen-bond donors (Lipinski definition) is 2. The first-order chi connectivity index (χ1) is 21.0. The van der Waals surface area contributed by atoms with E-state index in [1.807, 2.05) is 30.3 Å². The second-order valence-corrected chi connectivity index (χ2v) is 12.4. The Labute approximate surface area is 260 Å². The normalized spacial score (nSPS) is 12.8. The van der Waals surface area contributed by atoms with Gasteiger partial charge in [0.15, 0.2) is 0 Å². The molecule has 1 aliphatic rings. The van der Waals surface area contributed by atoms with Gasteiger partial charge in [0.1, 0.15) is 0 Å². The van der Waals surface area contributed by atoms with Gasteiger partial charge >= 0.3 is 5.97 Å². The molecule has 43 heavy (non-hydrogen) atoms. The summed E-state index contributed by atoms with van der Waals surface area (Å²) in [5, 5.41) is 14.0. The summed E-state index contributed by atoms with van der Waals surface area (Å²) in [6, 6.07) is 9.72. The number of benzene rings is 2. The summed E-state index contributed by atoms with van der Waals surface area (Å²) in [6.45, 7) is 3.62. The van der Waals surface area contributed by atoms with E-state index in [-0.39, 0.29) is 18.2 Å². The van der Waals surface area contributed by atoms with Gasteiger partial charge in [0.05, 0.1) is 0 Å². The molecule has 6 heteroatoms. The molecule has 2 aromatic rings. The summed E-state index contributed by atoms with van der Waals surface area (Å²) in [5.41, 5.74) is 2.27. The number of nitrogens with one attached hydrogen (secondary N) is 1. The lowest BCUT2D eigenvalue weighted by atomic mass is 9.92. The van der Waals surface area contributed by atoms with Gasteiger partial charge in [0.25, 0.3) is 11.8 Å². The third-order valence-electron chi connectivity index (χ3n) is 8.86. The highest BCUT2D eigenvalue weighted by atomic mass is 16.4. The van der Waals surface area contributed by atoms with Gasteiger partial charge in [0.2, 0.25) is 0 Å². The molecule has 2 amide bonds. The molecule has 0 bridgehead atoms. The van der Waals surface area contributed by atoms with Crippen LogP contribution in [0.25, 0.3) is 10.8 Å². The van der Waals surface area contributed by atoms with Gasteiger partial charge in [-0.15, -0.1) is 0 Å². The molecule has 0 spiro atoms. The van der Waals surface area contributed by atoms with Crippen LogP contribution >= 0.6 is 0 Å². The van der Waals surface area contributed by atoms with Crippen LogP contribution in [0, 0.1) is 0 Å². The van der Waals surface area contributed by atoms with E-state index in [0.717, 1.165) is 87.2 Å². The molecule has 2 aromatic carbocycles. The van der Waals surface area contributed by atoms with E-state index in [0.29, 0.717) is 17.7 Å². The Bertz CT molecular complexity index is 1120. The topological polar surface area (TPSA) is 86.7 Å². The van der Waals surface area contributed by atoms with Crippen LogP contribution in [0.5, 0.6) is 0 Å². The molecule has 0 aromatic heterocycles. The number of rotatable bonds is 25. The van der Waals surface area contributed by atoms with Crippen LogP contribution in [0.2, 0.25) is 0 Å². The second-order valence-electron chi connectivity index (χ2n) is 12.4. The molecule has 3 rings (SSSR count). The Morgan fingerprint density at radius 1 is 0.651 bits per heavy atom. The molecule has 0 saturated carbocycles. The van der Waals surface area contributed by atoms with E-state index in [1.54, 1.807) is 0 Å². The average Bonchev–Trinajstić information content (AvgIpc) is 3.00. The van der Waals surface area contributed by atoms with Gasteiger partial charge in [-0.05, 0) is 37.5 Å². The van der Waals surface area contributed by atoms with Crippen molar-refractivity contribution in [3.05, 3.63) is 41.5 Å². The molecule has 2 N–H and O–H groups in total. The van der Waals surface area contributed by atoms with Crippen LogP contribution in [-0.2, 0) is 4.79 Å². The number of carboxylic acids is 1. The maximum atomic E-state index is 13.4. The Hall–Kier alpha value is -2.89. The standard InChI is InChI=1S/C37H56N2O4/c1-2-3-4-5-6-7-8-11-14-17-20-28-38-33-27-26-32-35-30(33)23-22-24-31(35)36(42)39(37(32)43)29-21-18-15-12-9-10-13-16-19-25-34(40)41/h22-24,26-27,38H,2-21,25,28-29H2,1H3,(H,40,41). The highest BCUT2D eigenvalue weighted by Gasteiger charge is 2.32. The second kappa shape index (κ2) is 20.1. The van der Waals surface area contributed by atoms with Gasteiger partial charge in [-0.25, -0.2) is 0 Å². The molecule has 0 fully saturated rings. The van der Waals surface area contributed by atoms with E-state index >= 15 is 0 Å². The van der Waals surface area contributed by atoms with Crippen molar-refractivity contribution in [3.8, 4) is 0 Å². The fraction of sp³-hybridized carbons (Fsp3) is 0.649. The van der Waals surface area contributed by atoms with Gasteiger partial charge in [-0.1, -0.05) is 128 Å². The largest absolute Gasteiger partial charge is 0.481 e. The smallest absolute Gasteiger partial charge is 0.303 e. The maximum Gasteiger partial charge on any atom is 0.303 e. The first kappa shape index (κ1) is 34.6. The summed E-state index contributed by atoms with van der Waals surface area (Å²) < 4.78 is 0. The van der Waals surface area contributed by atoms with Crippen LogP contribution in [0.4, 0.5) is 5.69 Å². The Morgan fingerprint density at radius 2 is 1.16 bits per heavy atom. The molecular weight excluding hydrogens is 536 g/mol. The fourth-order valence-corrected chi connectivity index (χ4v) is 6.30. The zero-order chi connectivity index (χ0) is 30.7. The zero-order valence-electron chi connectivity index (χ0n) is 26.8. The number of nitrogens with zero attached hydrogens (tertiary/aromatic N) is 1. The molecule has 1 heterocycles. The van der Waals surface area contributed by atoms with Gasteiger partial charge in [-0.3, -0.25) is 19.3 Å². The number of imide groups is 1. The zero-order valence-corrected chi connectivity index (χ0v) is 26.8. The highest BCUT2D eigenvalue weighted by molar-refractivity contribution is 6.26. The number of unbranched alkanes of at least 4 members (excludes halogenated alkanes) is 18. The lowest BCUT2D eigenvalue weighted by Crippen LogP contribution is -2.40. The van der Waals surface area contributed by atoms with Crippen molar-refractivity contribution < 1.29 is 19.5 Å². The SMILES string of the molecule is CCCCCCCCCCCCCNc1ccc2c3c(cccc13)C(=O)N(CCCCCCCCCCCC(=O)O)C2=O. The molecule has 1 aliphatic heterocycles. The van der Waals surface area contributed by atoms with E-state index in [2.05, 4.69) is 12.2 Å². The number of carbonyl (C=O) groups excluding carboxylic acids is 2. The molecular formula is C37H56N2O4. The quantitative estimate of drug-likeness (QED) is 0.0885. The number of amides is 2. The fourth-order valence-electron chi connectivity index (χ4n) is 6.30. The van der Waals surface area contributed by atoms with Crippen LogP contribution in [0.1, 0.15) is 162 Å². The summed E-state index contributed by atoms with van der Waals surface area (Å²) in [6.07, 6.45) is 24.0. The van der Waals surface area contributed by atoms with Gasteiger partial charge < -0.3 is 10.4 Å². The first-order valence-corrected chi connectivity index (χ1v) is 17.4. The van der Waals surface area contributed by atoms with E-state index in [1.165, 1.54) is 69.1 Å². The van der Waals surface area contributed by atoms with Crippen LogP contribution < -0.4 is 5.32 Å². The molecule has 0 unspecified atom stereocenters. The number of anilines is 1. The van der Waals surface area contributed by atoms with Crippen molar-refractivity contribution in [2.24, 2.45) is 0 Å².